The van der Waals surface area contributed by atoms with E-state index in [-0.39, 0.29) is 17.8 Å². The molecule has 1 atom stereocenters. The van der Waals surface area contributed by atoms with Gasteiger partial charge in [-0.25, -0.2) is 4.79 Å². The molecular weight excluding hydrogens is 248 g/mol. The molecule has 19 heavy (non-hydrogen) atoms. The van der Waals surface area contributed by atoms with E-state index < -0.39 is 17.9 Å². The Balaban J connectivity index is 2.79. The number of hydrogen-bond acceptors (Lipinski definition) is 3. The molecule has 0 aliphatic heterocycles. The maximum atomic E-state index is 11.1. The van der Waals surface area contributed by atoms with Gasteiger partial charge in [0.1, 0.15) is 5.92 Å². The normalized spacial score (nSPS) is 20.4. The summed E-state index contributed by atoms with van der Waals surface area (Å²) >= 11 is 0. The third-order valence-corrected chi connectivity index (χ3v) is 2.77. The summed E-state index contributed by atoms with van der Waals surface area (Å²) in [6.45, 7) is 2.84. The van der Waals surface area contributed by atoms with Crippen LogP contribution in [0.5, 0.6) is 0 Å². The molecule has 0 fully saturated rings. The van der Waals surface area contributed by atoms with Crippen molar-refractivity contribution in [1.82, 2.24) is 0 Å². The van der Waals surface area contributed by atoms with E-state index in [1.54, 1.807) is 0 Å². The number of carbonyl (C=O) groups is 2. The van der Waals surface area contributed by atoms with Gasteiger partial charge in [0.15, 0.2) is 0 Å². The summed E-state index contributed by atoms with van der Waals surface area (Å²) in [7, 11) is 0. The molecule has 0 heterocycles. The van der Waals surface area contributed by atoms with Crippen molar-refractivity contribution in [1.29, 1.82) is 0 Å². The molecule has 0 aromatic rings. The van der Waals surface area contributed by atoms with Crippen molar-refractivity contribution in [2.24, 2.45) is 5.92 Å². The predicted molar refractivity (Wildman–Crippen MR) is 69.8 cm³/mol. The summed E-state index contributed by atoms with van der Waals surface area (Å²) < 4.78 is 5.32. The molecule has 1 rings (SSSR count). The highest BCUT2D eigenvalue weighted by atomic mass is 16.5. The highest BCUT2D eigenvalue weighted by Crippen LogP contribution is 2.26. The second-order valence-electron chi connectivity index (χ2n) is 4.17. The largest absolute Gasteiger partial charge is 0.481 e. The molecule has 104 valence electrons. The lowest BCUT2D eigenvalue weighted by Crippen LogP contribution is -2.21. The Morgan fingerprint density at radius 3 is 2.74 bits per heavy atom. The van der Waals surface area contributed by atoms with E-state index in [9.17, 15) is 9.59 Å². The molecule has 2 N–H and O–H groups in total. The predicted octanol–water partition coefficient (Wildman–Crippen LogP) is 2.01. The van der Waals surface area contributed by atoms with E-state index in [0.29, 0.717) is 6.61 Å². The van der Waals surface area contributed by atoms with E-state index >= 15 is 0 Å². The highest BCUT2D eigenvalue weighted by molar-refractivity contribution is 5.96. The number of allylic oxidation sites excluding steroid dienone is 2. The lowest BCUT2D eigenvalue weighted by molar-refractivity contribution is -0.138. The standard InChI is InChI=1S/C14H18O5/c1-2-3-8-19-9-7-10-11(13(15)16)5-4-6-12(10)14(17)18/h4-7,11H,2-3,8-9H2,1H3,(H,15,16)(H,17,18). The van der Waals surface area contributed by atoms with Crippen LogP contribution in [-0.2, 0) is 14.3 Å². The van der Waals surface area contributed by atoms with Crippen molar-refractivity contribution in [2.45, 2.75) is 19.8 Å². The van der Waals surface area contributed by atoms with Gasteiger partial charge in [-0.2, -0.15) is 0 Å². The lowest BCUT2D eigenvalue weighted by atomic mass is 9.88. The molecule has 0 aromatic heterocycles. The van der Waals surface area contributed by atoms with E-state index in [1.165, 1.54) is 24.3 Å². The van der Waals surface area contributed by atoms with Crippen LogP contribution in [0.4, 0.5) is 0 Å². The first kappa shape index (κ1) is 15.2. The Morgan fingerprint density at radius 2 is 2.16 bits per heavy atom. The Kier molecular flexibility index (Phi) is 6.02. The minimum Gasteiger partial charge on any atom is -0.481 e. The summed E-state index contributed by atoms with van der Waals surface area (Å²) in [6, 6.07) is 0. The fourth-order valence-corrected chi connectivity index (χ4v) is 1.76. The molecule has 0 saturated carbocycles. The maximum absolute atomic E-state index is 11.1. The van der Waals surface area contributed by atoms with Crippen molar-refractivity contribution in [3.8, 4) is 0 Å². The highest BCUT2D eigenvalue weighted by Gasteiger charge is 2.27. The van der Waals surface area contributed by atoms with Crippen molar-refractivity contribution in [2.75, 3.05) is 13.2 Å². The second kappa shape index (κ2) is 7.53. The Bertz CT molecular complexity index is 431. The van der Waals surface area contributed by atoms with Gasteiger partial charge in [0, 0.05) is 6.61 Å². The number of aliphatic carboxylic acids is 2. The van der Waals surface area contributed by atoms with Gasteiger partial charge in [0.2, 0.25) is 0 Å². The van der Waals surface area contributed by atoms with Gasteiger partial charge in [0.25, 0.3) is 0 Å². The first-order valence-electron chi connectivity index (χ1n) is 6.20. The number of rotatable bonds is 7. The minimum absolute atomic E-state index is 0.00833. The molecule has 5 heteroatoms. The first-order valence-corrected chi connectivity index (χ1v) is 6.20. The molecule has 5 nitrogen and oxygen atoms in total. The number of unbranched alkanes of at least 4 members (excludes halogenated alkanes) is 1. The Morgan fingerprint density at radius 1 is 1.42 bits per heavy atom. The zero-order valence-corrected chi connectivity index (χ0v) is 10.8. The van der Waals surface area contributed by atoms with E-state index in [1.807, 2.05) is 6.92 Å². The molecule has 0 saturated heterocycles. The van der Waals surface area contributed by atoms with Gasteiger partial charge >= 0.3 is 11.9 Å². The van der Waals surface area contributed by atoms with E-state index in [2.05, 4.69) is 0 Å². The van der Waals surface area contributed by atoms with E-state index in [4.69, 9.17) is 14.9 Å². The van der Waals surface area contributed by atoms with Crippen molar-refractivity contribution in [3.05, 3.63) is 35.5 Å². The molecule has 0 radical (unpaired) electrons. The average molecular weight is 266 g/mol. The number of carboxylic acids is 2. The molecule has 0 aromatic carbocycles. The topological polar surface area (TPSA) is 83.8 Å². The Labute approximate surface area is 111 Å². The molecule has 0 amide bonds. The zero-order valence-electron chi connectivity index (χ0n) is 10.8. The van der Waals surface area contributed by atoms with Crippen LogP contribution < -0.4 is 0 Å². The van der Waals surface area contributed by atoms with Crippen LogP contribution in [0.15, 0.2) is 35.5 Å². The molecule has 1 aliphatic rings. The third kappa shape index (κ3) is 4.37. The van der Waals surface area contributed by atoms with Gasteiger partial charge in [-0.3, -0.25) is 4.79 Å². The molecule has 1 aliphatic carbocycles. The summed E-state index contributed by atoms with van der Waals surface area (Å²) in [4.78, 5) is 22.2. The number of carboxylic acid groups (broad SMARTS) is 2. The average Bonchev–Trinajstić information content (AvgIpc) is 2.38. The van der Waals surface area contributed by atoms with Crippen LogP contribution in [-0.4, -0.2) is 35.4 Å². The zero-order chi connectivity index (χ0) is 14.3. The SMILES string of the molecule is CCCCOCC=C1C(C(=O)O)=CC=CC1C(=O)O. The molecule has 0 spiro atoms. The Hall–Kier alpha value is -1.88. The summed E-state index contributed by atoms with van der Waals surface area (Å²) in [5.41, 5.74) is 0.285. The summed E-state index contributed by atoms with van der Waals surface area (Å²) in [6.07, 6.45) is 7.80. The third-order valence-electron chi connectivity index (χ3n) is 2.77. The van der Waals surface area contributed by atoms with Crippen LogP contribution in [0.2, 0.25) is 0 Å². The maximum Gasteiger partial charge on any atom is 0.335 e. The van der Waals surface area contributed by atoms with Crippen LogP contribution in [0, 0.1) is 5.92 Å². The monoisotopic (exact) mass is 266 g/mol. The van der Waals surface area contributed by atoms with Crippen molar-refractivity contribution in [3.63, 3.8) is 0 Å². The fraction of sp³-hybridized carbons (Fsp3) is 0.429. The minimum atomic E-state index is -1.13. The van der Waals surface area contributed by atoms with Crippen molar-refractivity contribution < 1.29 is 24.5 Å². The quantitative estimate of drug-likeness (QED) is 0.689. The van der Waals surface area contributed by atoms with Crippen LogP contribution in [0.3, 0.4) is 0 Å². The molecular formula is C14H18O5. The van der Waals surface area contributed by atoms with Crippen molar-refractivity contribution >= 4 is 11.9 Å². The number of hydrogen-bond donors (Lipinski definition) is 2. The van der Waals surface area contributed by atoms with Crippen LogP contribution in [0.1, 0.15) is 19.8 Å². The second-order valence-corrected chi connectivity index (χ2v) is 4.17. The van der Waals surface area contributed by atoms with Gasteiger partial charge in [-0.05, 0) is 18.1 Å². The van der Waals surface area contributed by atoms with Gasteiger partial charge in [0.05, 0.1) is 12.2 Å². The lowest BCUT2D eigenvalue weighted by Gasteiger charge is -2.17. The fourth-order valence-electron chi connectivity index (χ4n) is 1.76. The smallest absolute Gasteiger partial charge is 0.335 e. The first-order chi connectivity index (χ1) is 9.07. The van der Waals surface area contributed by atoms with Gasteiger partial charge in [-0.1, -0.05) is 31.6 Å². The van der Waals surface area contributed by atoms with Crippen LogP contribution >= 0.6 is 0 Å². The summed E-state index contributed by atoms with van der Waals surface area (Å²) in [5, 5.41) is 18.2. The van der Waals surface area contributed by atoms with Crippen LogP contribution in [0.25, 0.3) is 0 Å². The molecule has 0 bridgehead atoms. The van der Waals surface area contributed by atoms with E-state index in [0.717, 1.165) is 12.8 Å². The number of ether oxygens (including phenoxy) is 1. The van der Waals surface area contributed by atoms with Gasteiger partial charge < -0.3 is 14.9 Å². The van der Waals surface area contributed by atoms with Gasteiger partial charge in [-0.15, -0.1) is 0 Å². The summed E-state index contributed by atoms with van der Waals surface area (Å²) in [5.74, 6) is -3.12. The molecule has 1 unspecified atom stereocenters.